The summed E-state index contributed by atoms with van der Waals surface area (Å²) in [6, 6.07) is -3.22. The molecule has 0 aromatic rings. The van der Waals surface area contributed by atoms with Crippen LogP contribution >= 0.6 is 0 Å². The predicted octanol–water partition coefficient (Wildman–Crippen LogP) is -11.0. The van der Waals surface area contributed by atoms with Gasteiger partial charge >= 0.3 is 11.9 Å². The number of nitrogens with one attached hydrogen (secondary N) is 2. The Balaban J connectivity index is 1.60. The lowest BCUT2D eigenvalue weighted by molar-refractivity contribution is -0.387. The number of carbonyl (C=O) groups is 4. The van der Waals surface area contributed by atoms with E-state index < -0.39 is 197 Å². The van der Waals surface area contributed by atoms with Crippen LogP contribution in [0.1, 0.15) is 26.7 Å². The molecule has 22 atom stereocenters. The SMILES string of the molecule is CC(=O)N[C@H]1[C@H]([C@H](O)[C@H](O)CO)O[C@@](OC[C@H]2OC(O)[C@@H](O)[C@@H](O[C@@H]3O[C@H](CO)[C@H](O)[C@H](O[C@]4(C(=O)O)C[C@H](O)[C@@H](NC(C)=O)[C@H]([C@H](O)[C@H](O)CO)O4)[C@H]3O)[C@H]2O)(C(=O)O)C[C@@H]1O. The number of aliphatic hydroxyl groups excluding tert-OH is 14. The fourth-order valence-electron chi connectivity index (χ4n) is 7.64. The van der Waals surface area contributed by atoms with Gasteiger partial charge in [-0.3, -0.25) is 9.59 Å². The second-order valence-corrected chi connectivity index (χ2v) is 15.5. The van der Waals surface area contributed by atoms with E-state index in [-0.39, 0.29) is 0 Å². The van der Waals surface area contributed by atoms with E-state index in [1.165, 1.54) is 0 Å². The Morgan fingerprint density at radius 2 is 1.11 bits per heavy atom. The van der Waals surface area contributed by atoms with Gasteiger partial charge in [-0.25, -0.2) is 9.59 Å². The van der Waals surface area contributed by atoms with Crippen LogP contribution < -0.4 is 10.6 Å². The van der Waals surface area contributed by atoms with Gasteiger partial charge in [0.15, 0.2) is 12.6 Å². The van der Waals surface area contributed by atoms with Gasteiger partial charge in [-0.05, 0) is 0 Å². The van der Waals surface area contributed by atoms with Crippen LogP contribution in [-0.2, 0) is 52.3 Å². The van der Waals surface area contributed by atoms with Crippen LogP contribution in [0.15, 0.2) is 0 Å². The molecule has 29 nitrogen and oxygen atoms in total. The minimum absolute atomic E-state index is 0.785. The summed E-state index contributed by atoms with van der Waals surface area (Å²) in [6.07, 6.45) is -40.4. The number of rotatable bonds is 18. The zero-order valence-corrected chi connectivity index (χ0v) is 33.4. The van der Waals surface area contributed by atoms with E-state index in [1.54, 1.807) is 0 Å². The van der Waals surface area contributed by atoms with Crippen LogP contribution in [0.2, 0.25) is 0 Å². The Morgan fingerprint density at radius 1 is 0.651 bits per heavy atom. The summed E-state index contributed by atoms with van der Waals surface area (Å²) in [5.74, 6) is -11.8. The van der Waals surface area contributed by atoms with Crippen LogP contribution in [-0.4, -0.2) is 266 Å². The van der Waals surface area contributed by atoms with Crippen LogP contribution in [0.4, 0.5) is 0 Å². The largest absolute Gasteiger partial charge is 0.477 e. The molecule has 364 valence electrons. The Hall–Kier alpha value is -2.96. The van der Waals surface area contributed by atoms with Crippen LogP contribution in [0.5, 0.6) is 0 Å². The van der Waals surface area contributed by atoms with Crippen molar-refractivity contribution in [2.45, 2.75) is 161 Å². The quantitative estimate of drug-likeness (QED) is 0.0607. The molecule has 0 spiro atoms. The Labute approximate surface area is 355 Å². The molecule has 1 unspecified atom stereocenters. The van der Waals surface area contributed by atoms with E-state index in [1.807, 2.05) is 0 Å². The van der Waals surface area contributed by atoms with Crippen molar-refractivity contribution >= 4 is 23.8 Å². The lowest BCUT2D eigenvalue weighted by Crippen LogP contribution is -2.71. The topological polar surface area (TPSA) is 481 Å². The average molecular weight is 925 g/mol. The Kier molecular flexibility index (Phi) is 18.0. The molecule has 18 N–H and O–H groups in total. The fraction of sp³-hybridized carbons (Fsp3) is 0.882. The number of aliphatic carboxylic acids is 2. The van der Waals surface area contributed by atoms with Gasteiger partial charge in [0.2, 0.25) is 11.8 Å². The molecule has 0 aliphatic carbocycles. The zero-order valence-electron chi connectivity index (χ0n) is 33.4. The van der Waals surface area contributed by atoms with E-state index in [4.69, 9.17) is 33.2 Å². The number of ether oxygens (including phenoxy) is 7. The number of hydrogen-bond acceptors (Lipinski definition) is 25. The van der Waals surface area contributed by atoms with Crippen molar-refractivity contribution in [2.24, 2.45) is 0 Å². The number of carboxylic acid groups (broad SMARTS) is 2. The van der Waals surface area contributed by atoms with Crippen LogP contribution in [0.25, 0.3) is 0 Å². The number of carbonyl (C=O) groups excluding carboxylic acids is 2. The molecule has 0 aromatic heterocycles. The van der Waals surface area contributed by atoms with Gasteiger partial charge in [-0.2, -0.15) is 0 Å². The van der Waals surface area contributed by atoms with Crippen molar-refractivity contribution in [1.29, 1.82) is 0 Å². The van der Waals surface area contributed by atoms with Gasteiger partial charge in [-0.15, -0.1) is 0 Å². The molecular formula is C34H56N2O27. The summed E-state index contributed by atoms with van der Waals surface area (Å²) in [5.41, 5.74) is 0. The predicted molar refractivity (Wildman–Crippen MR) is 191 cm³/mol. The van der Waals surface area contributed by atoms with Gasteiger partial charge in [0, 0.05) is 26.7 Å². The standard InChI is InChI=1S/C34H56N2O27/c1-9(40)35-17-11(42)3-33(31(53)54,61-25(17)19(46)13(44)5-37)57-8-16-22(49)27(23(50)29(52)58-16)60-30-24(51)28(21(48)15(7-39)59-30)63-34(32(55)56)4-12(43)18(36-10(2)41)26(62-34)20(47)14(45)6-38/h11-30,37-39,42-52H,3-8H2,1-2H3,(H,35,40)(H,36,41)(H,53,54)(H,55,56)/t11-,12-,13+,14+,15+,16+,17+,18+,19+,20+,21-,22-,23-,24+,25+,26+,27-,28-,29?,30-,33+,34-/m0/s1. The highest BCUT2D eigenvalue weighted by atomic mass is 16.8. The summed E-state index contributed by atoms with van der Waals surface area (Å²) < 4.78 is 38.3. The van der Waals surface area contributed by atoms with Crippen molar-refractivity contribution in [2.75, 3.05) is 26.4 Å². The molecule has 4 rings (SSSR count). The minimum Gasteiger partial charge on any atom is -0.477 e. The first-order chi connectivity index (χ1) is 29.4. The van der Waals surface area contributed by atoms with Gasteiger partial charge in [0.05, 0.1) is 50.7 Å². The summed E-state index contributed by atoms with van der Waals surface area (Å²) in [7, 11) is 0. The summed E-state index contributed by atoms with van der Waals surface area (Å²) in [6.45, 7) is -2.46. The van der Waals surface area contributed by atoms with Crippen LogP contribution in [0.3, 0.4) is 0 Å². The summed E-state index contributed by atoms with van der Waals surface area (Å²) in [5, 5.41) is 173. The Bertz CT molecular complexity index is 1570. The zero-order chi connectivity index (χ0) is 47.5. The maximum atomic E-state index is 12.8. The molecule has 4 saturated heterocycles. The molecule has 2 amide bonds. The first-order valence-electron chi connectivity index (χ1n) is 19.3. The normalized spacial score (nSPS) is 42.9. The third-order valence-electron chi connectivity index (χ3n) is 11.0. The van der Waals surface area contributed by atoms with Crippen molar-refractivity contribution in [3.05, 3.63) is 0 Å². The molecule has 0 radical (unpaired) electrons. The third kappa shape index (κ3) is 11.4. The highest BCUT2D eigenvalue weighted by molar-refractivity contribution is 5.77. The van der Waals surface area contributed by atoms with E-state index in [0.29, 0.717) is 0 Å². The van der Waals surface area contributed by atoms with Gasteiger partial charge in [-0.1, -0.05) is 0 Å². The number of aliphatic hydroxyl groups is 14. The molecule has 63 heavy (non-hydrogen) atoms. The monoisotopic (exact) mass is 924 g/mol. The molecular weight excluding hydrogens is 868 g/mol. The Morgan fingerprint density at radius 3 is 1.56 bits per heavy atom. The lowest BCUT2D eigenvalue weighted by atomic mass is 9.88. The molecule has 4 heterocycles. The van der Waals surface area contributed by atoms with E-state index in [9.17, 15) is 101 Å². The van der Waals surface area contributed by atoms with E-state index in [0.717, 1.165) is 13.8 Å². The molecule has 4 aliphatic rings. The number of carboxylic acids is 2. The summed E-state index contributed by atoms with van der Waals surface area (Å²) in [4.78, 5) is 49.2. The molecule has 4 aliphatic heterocycles. The first kappa shape index (κ1) is 52.7. The van der Waals surface area contributed by atoms with Crippen molar-refractivity contribution in [3.8, 4) is 0 Å². The van der Waals surface area contributed by atoms with Gasteiger partial charge < -0.3 is 125 Å². The highest BCUT2D eigenvalue weighted by Crippen LogP contribution is 2.39. The van der Waals surface area contributed by atoms with Crippen molar-refractivity contribution in [1.82, 2.24) is 10.6 Å². The van der Waals surface area contributed by atoms with E-state index in [2.05, 4.69) is 10.6 Å². The molecule has 4 fully saturated rings. The minimum atomic E-state index is -3.18. The van der Waals surface area contributed by atoms with Crippen molar-refractivity contribution < 1.29 is 134 Å². The maximum absolute atomic E-state index is 12.8. The van der Waals surface area contributed by atoms with E-state index >= 15 is 0 Å². The molecule has 0 saturated carbocycles. The molecule has 0 bridgehead atoms. The first-order valence-corrected chi connectivity index (χ1v) is 19.3. The fourth-order valence-corrected chi connectivity index (χ4v) is 7.64. The molecule has 29 heteroatoms. The maximum Gasteiger partial charge on any atom is 0.364 e. The average Bonchev–Trinajstić information content (AvgIpc) is 3.22. The smallest absolute Gasteiger partial charge is 0.364 e. The van der Waals surface area contributed by atoms with Crippen LogP contribution in [0, 0.1) is 0 Å². The second kappa shape index (κ2) is 21.6. The highest BCUT2D eigenvalue weighted by Gasteiger charge is 2.61. The summed E-state index contributed by atoms with van der Waals surface area (Å²) >= 11 is 0. The van der Waals surface area contributed by atoms with Crippen molar-refractivity contribution in [3.63, 3.8) is 0 Å². The lowest BCUT2D eigenvalue weighted by Gasteiger charge is -2.50. The second-order valence-electron chi connectivity index (χ2n) is 15.5. The third-order valence-corrected chi connectivity index (χ3v) is 11.0. The van der Waals surface area contributed by atoms with Gasteiger partial charge in [0.25, 0.3) is 11.6 Å². The number of amides is 2. The number of hydrogen-bond donors (Lipinski definition) is 18. The molecule has 0 aromatic carbocycles. The van der Waals surface area contributed by atoms with Gasteiger partial charge in [0.1, 0.15) is 85.5 Å².